The van der Waals surface area contributed by atoms with Crippen LogP contribution in [0.3, 0.4) is 0 Å². The Hall–Kier alpha value is -0.523. The summed E-state index contributed by atoms with van der Waals surface area (Å²) in [5, 5.41) is 1.46. The zero-order valence-corrected chi connectivity index (χ0v) is 10.8. The molecule has 0 nitrogen and oxygen atoms in total. The van der Waals surface area contributed by atoms with Gasteiger partial charge in [0.2, 0.25) is 0 Å². The molecule has 13 heavy (non-hydrogen) atoms. The molecule has 1 aromatic carbocycles. The molecule has 0 atom stereocenters. The van der Waals surface area contributed by atoms with Crippen molar-refractivity contribution >= 4 is 29.2 Å². The van der Waals surface area contributed by atoms with Gasteiger partial charge in [0.25, 0.3) is 0 Å². The van der Waals surface area contributed by atoms with Gasteiger partial charge in [-0.25, -0.2) is 0 Å². The lowest BCUT2D eigenvalue weighted by Crippen LogP contribution is -2.37. The molecule has 0 heterocycles. The number of benzene rings is 1. The van der Waals surface area contributed by atoms with Crippen LogP contribution in [0.2, 0.25) is 19.6 Å². The minimum absolute atomic E-state index is 1.09. The summed E-state index contributed by atoms with van der Waals surface area (Å²) in [6.45, 7) is 7.02. The van der Waals surface area contributed by atoms with Crippen LogP contribution in [-0.2, 0) is 0 Å². The second-order valence-corrected chi connectivity index (χ2v) is 9.52. The van der Waals surface area contributed by atoms with Crippen molar-refractivity contribution in [1.82, 2.24) is 0 Å². The van der Waals surface area contributed by atoms with E-state index in [0.717, 1.165) is 5.56 Å². The normalized spacial score (nSPS) is 10.5. The van der Waals surface area contributed by atoms with Gasteiger partial charge in [-0.15, -0.1) is 0 Å². The first-order chi connectivity index (χ1) is 6.04. The lowest BCUT2D eigenvalue weighted by molar-refractivity contribution is 1.64. The van der Waals surface area contributed by atoms with Crippen molar-refractivity contribution in [3.63, 3.8) is 0 Å². The topological polar surface area (TPSA) is 0 Å². The third-order valence-electron chi connectivity index (χ3n) is 1.92. The molecule has 0 bridgehead atoms. The molecule has 0 amide bonds. The smallest absolute Gasteiger partial charge is 0.0656 e. The van der Waals surface area contributed by atoms with E-state index in [4.69, 9.17) is 0 Å². The molecule has 0 radical (unpaired) electrons. The van der Waals surface area contributed by atoms with E-state index in [-0.39, 0.29) is 0 Å². The van der Waals surface area contributed by atoms with E-state index in [0.29, 0.717) is 0 Å². The largest absolute Gasteiger partial charge is 0.0776 e. The summed E-state index contributed by atoms with van der Waals surface area (Å²) >= 11 is 3.11. The first-order valence-electron chi connectivity index (χ1n) is 4.26. The van der Waals surface area contributed by atoms with Gasteiger partial charge in [0.15, 0.2) is 0 Å². The molecule has 0 N–H and O–H groups in total. The van der Waals surface area contributed by atoms with E-state index in [1.54, 1.807) is 0 Å². The van der Waals surface area contributed by atoms with Crippen LogP contribution in [0, 0.1) is 10.8 Å². The summed E-state index contributed by atoms with van der Waals surface area (Å²) in [7, 11) is -1.18. The van der Waals surface area contributed by atoms with Crippen LogP contribution in [0.1, 0.15) is 5.56 Å². The van der Waals surface area contributed by atoms with Crippen molar-refractivity contribution in [2.45, 2.75) is 19.6 Å². The Morgan fingerprint density at radius 3 is 2.46 bits per heavy atom. The van der Waals surface area contributed by atoms with Gasteiger partial charge >= 0.3 is 0 Å². The lowest BCUT2D eigenvalue weighted by atomic mass is 10.2. The van der Waals surface area contributed by atoms with Crippen molar-refractivity contribution in [2.24, 2.45) is 0 Å². The van der Waals surface area contributed by atoms with Crippen LogP contribution in [0.15, 0.2) is 24.3 Å². The van der Waals surface area contributed by atoms with Gasteiger partial charge in [0.1, 0.15) is 0 Å². The molecule has 0 saturated carbocycles. The van der Waals surface area contributed by atoms with Crippen molar-refractivity contribution in [1.29, 1.82) is 0 Å². The van der Waals surface area contributed by atoms with E-state index in [9.17, 15) is 0 Å². The molecular formula is C11H13BrSi. The van der Waals surface area contributed by atoms with Gasteiger partial charge in [0.05, 0.1) is 8.07 Å². The van der Waals surface area contributed by atoms with Gasteiger partial charge < -0.3 is 0 Å². The maximum absolute atomic E-state index is 3.11. The minimum Gasteiger partial charge on any atom is -0.0656 e. The van der Waals surface area contributed by atoms with Crippen molar-refractivity contribution < 1.29 is 0 Å². The summed E-state index contributed by atoms with van der Waals surface area (Å²) in [6, 6.07) is 8.52. The maximum atomic E-state index is 3.11. The molecule has 68 valence electrons. The first kappa shape index (κ1) is 10.6. The fourth-order valence-corrected chi connectivity index (χ4v) is 2.53. The first-order valence-corrected chi connectivity index (χ1v) is 8.55. The molecule has 0 saturated heterocycles. The summed E-state index contributed by atoms with van der Waals surface area (Å²) in [6.07, 6.45) is 0. The zero-order chi connectivity index (χ0) is 9.90. The molecule has 0 aliphatic heterocycles. The quantitative estimate of drug-likeness (QED) is 0.533. The number of hydrogen-bond acceptors (Lipinski definition) is 0. The average molecular weight is 253 g/mol. The second-order valence-electron chi connectivity index (χ2n) is 4.05. The van der Waals surface area contributed by atoms with Gasteiger partial charge in [0, 0.05) is 21.5 Å². The molecule has 1 aromatic rings. The Kier molecular flexibility index (Phi) is 3.35. The van der Waals surface area contributed by atoms with Crippen molar-refractivity contribution in [3.8, 4) is 10.8 Å². The van der Waals surface area contributed by atoms with Crippen LogP contribution < -0.4 is 5.19 Å². The highest BCUT2D eigenvalue weighted by Gasteiger charge is 2.15. The molecule has 0 aromatic heterocycles. The highest BCUT2D eigenvalue weighted by atomic mass is 79.9. The Morgan fingerprint density at radius 1 is 1.23 bits per heavy atom. The average Bonchev–Trinajstić information content (AvgIpc) is 2.04. The molecule has 0 unspecified atom stereocenters. The van der Waals surface area contributed by atoms with Crippen molar-refractivity contribution in [2.75, 3.05) is 0 Å². The third kappa shape index (κ3) is 3.02. The standard InChI is InChI=1S/C11H13BrSi/c1-13(2,3)11-6-4-5-10(9-11)7-8-12/h4-6,9H,1-3H3. The molecule has 0 aliphatic carbocycles. The SMILES string of the molecule is C[Si](C)(C)c1cccc(C#CBr)c1. The van der Waals surface area contributed by atoms with Gasteiger partial charge in [-0.2, -0.15) is 0 Å². The molecule has 0 aliphatic rings. The Bertz CT molecular complexity index is 352. The minimum atomic E-state index is -1.18. The molecule has 2 heteroatoms. The van der Waals surface area contributed by atoms with Crippen LogP contribution in [-0.4, -0.2) is 8.07 Å². The molecule has 1 rings (SSSR count). The monoisotopic (exact) mass is 252 g/mol. The van der Waals surface area contributed by atoms with E-state index < -0.39 is 8.07 Å². The number of hydrogen-bond donors (Lipinski definition) is 0. The Balaban J connectivity index is 3.10. The molecule has 0 spiro atoms. The van der Waals surface area contributed by atoms with E-state index >= 15 is 0 Å². The maximum Gasteiger partial charge on any atom is 0.0776 e. The van der Waals surface area contributed by atoms with Gasteiger partial charge in [-0.1, -0.05) is 42.9 Å². The van der Waals surface area contributed by atoms with Crippen LogP contribution >= 0.6 is 15.9 Å². The van der Waals surface area contributed by atoms with Crippen LogP contribution in [0.25, 0.3) is 0 Å². The fourth-order valence-electron chi connectivity index (χ4n) is 1.12. The summed E-state index contributed by atoms with van der Waals surface area (Å²) < 4.78 is 0. The summed E-state index contributed by atoms with van der Waals surface area (Å²) in [4.78, 5) is 2.74. The molecular weight excluding hydrogens is 240 g/mol. The van der Waals surface area contributed by atoms with E-state index in [1.807, 2.05) is 6.07 Å². The van der Waals surface area contributed by atoms with Gasteiger partial charge in [-0.05, 0) is 17.0 Å². The third-order valence-corrected chi connectivity index (χ3v) is 4.16. The van der Waals surface area contributed by atoms with E-state index in [2.05, 4.69) is 64.5 Å². The molecule has 0 fully saturated rings. The van der Waals surface area contributed by atoms with Crippen LogP contribution in [0.5, 0.6) is 0 Å². The Labute approximate surface area is 89.5 Å². The highest BCUT2D eigenvalue weighted by molar-refractivity contribution is 9.12. The zero-order valence-electron chi connectivity index (χ0n) is 8.19. The number of halogens is 1. The van der Waals surface area contributed by atoms with Crippen molar-refractivity contribution in [3.05, 3.63) is 29.8 Å². The van der Waals surface area contributed by atoms with Gasteiger partial charge in [-0.3, -0.25) is 0 Å². The fraction of sp³-hybridized carbons (Fsp3) is 0.273. The summed E-state index contributed by atoms with van der Waals surface area (Å²) in [5.74, 6) is 3.01. The number of rotatable bonds is 1. The lowest BCUT2D eigenvalue weighted by Gasteiger charge is -2.16. The van der Waals surface area contributed by atoms with Crippen LogP contribution in [0.4, 0.5) is 0 Å². The predicted molar refractivity (Wildman–Crippen MR) is 65.2 cm³/mol. The second kappa shape index (κ2) is 4.12. The summed E-state index contributed by atoms with van der Waals surface area (Å²) in [5.41, 5.74) is 1.09. The predicted octanol–water partition coefficient (Wildman–Crippen LogP) is 2.94. The Morgan fingerprint density at radius 2 is 1.92 bits per heavy atom. The highest BCUT2D eigenvalue weighted by Crippen LogP contribution is 2.04. The van der Waals surface area contributed by atoms with E-state index in [1.165, 1.54) is 5.19 Å².